The number of carbonyl (C=O) groups excluding carboxylic acids is 2. The highest BCUT2D eigenvalue weighted by Crippen LogP contribution is 2.02. The van der Waals surface area contributed by atoms with E-state index in [4.69, 9.17) is 4.74 Å². The Hall–Kier alpha value is -1.68. The first-order valence-corrected chi connectivity index (χ1v) is 5.08. The fourth-order valence-corrected chi connectivity index (χ4v) is 1.19. The highest BCUT2D eigenvalue weighted by molar-refractivity contribution is 5.75. The highest BCUT2D eigenvalue weighted by atomic mass is 16.5. The molecule has 0 radical (unpaired) electrons. The van der Waals surface area contributed by atoms with Crippen LogP contribution in [0.25, 0.3) is 0 Å². The summed E-state index contributed by atoms with van der Waals surface area (Å²) in [6.45, 7) is 0.245. The monoisotopic (exact) mass is 221 g/mol. The Morgan fingerprint density at radius 2 is 2.12 bits per heavy atom. The van der Waals surface area contributed by atoms with Crippen molar-refractivity contribution < 1.29 is 14.3 Å². The van der Waals surface area contributed by atoms with Crippen molar-refractivity contribution in [3.05, 3.63) is 35.9 Å². The Balaban J connectivity index is 2.33. The minimum Gasteiger partial charge on any atom is -0.461 e. The van der Waals surface area contributed by atoms with Gasteiger partial charge in [0.2, 0.25) is 0 Å². The fourth-order valence-electron chi connectivity index (χ4n) is 1.19. The van der Waals surface area contributed by atoms with Gasteiger partial charge in [0.25, 0.3) is 0 Å². The topological polar surface area (TPSA) is 55.4 Å². The van der Waals surface area contributed by atoms with Crippen LogP contribution < -0.4 is 5.32 Å². The molecule has 0 heterocycles. The van der Waals surface area contributed by atoms with Crippen molar-refractivity contribution in [2.75, 3.05) is 7.05 Å². The Morgan fingerprint density at radius 3 is 2.69 bits per heavy atom. The van der Waals surface area contributed by atoms with E-state index in [2.05, 4.69) is 5.32 Å². The SMILES string of the molecule is CNC(C=O)CC(=O)OCc1ccccc1. The summed E-state index contributed by atoms with van der Waals surface area (Å²) in [7, 11) is 1.63. The third kappa shape index (κ3) is 4.23. The van der Waals surface area contributed by atoms with Gasteiger partial charge in [-0.05, 0) is 12.6 Å². The average molecular weight is 221 g/mol. The predicted octanol–water partition coefficient (Wildman–Crippen LogP) is 0.907. The maximum Gasteiger partial charge on any atom is 0.308 e. The summed E-state index contributed by atoms with van der Waals surface area (Å²) in [5, 5.41) is 2.71. The zero-order valence-corrected chi connectivity index (χ0v) is 9.18. The number of hydrogen-bond acceptors (Lipinski definition) is 4. The third-order valence-electron chi connectivity index (χ3n) is 2.16. The van der Waals surface area contributed by atoms with Crippen LogP contribution in [0.5, 0.6) is 0 Å². The van der Waals surface area contributed by atoms with E-state index < -0.39 is 6.04 Å². The summed E-state index contributed by atoms with van der Waals surface area (Å²) in [6, 6.07) is 8.94. The molecule has 1 rings (SSSR count). The van der Waals surface area contributed by atoms with Crippen LogP contribution in [0.1, 0.15) is 12.0 Å². The number of hydrogen-bond donors (Lipinski definition) is 1. The molecule has 0 aliphatic heterocycles. The molecule has 16 heavy (non-hydrogen) atoms. The van der Waals surface area contributed by atoms with Crippen molar-refractivity contribution in [1.82, 2.24) is 5.32 Å². The minimum absolute atomic E-state index is 0.0623. The predicted molar refractivity (Wildman–Crippen MR) is 59.8 cm³/mol. The number of aldehydes is 1. The molecule has 1 aromatic carbocycles. The quantitative estimate of drug-likeness (QED) is 0.573. The number of benzene rings is 1. The number of carbonyl (C=O) groups is 2. The maximum absolute atomic E-state index is 11.3. The van der Waals surface area contributed by atoms with Gasteiger partial charge in [-0.15, -0.1) is 0 Å². The second kappa shape index (κ2) is 6.74. The molecule has 0 aliphatic rings. The second-order valence-electron chi connectivity index (χ2n) is 3.38. The lowest BCUT2D eigenvalue weighted by molar-refractivity contribution is -0.146. The maximum atomic E-state index is 11.3. The molecule has 0 bridgehead atoms. The van der Waals surface area contributed by atoms with Gasteiger partial charge in [0.05, 0.1) is 12.5 Å². The first-order chi connectivity index (χ1) is 7.76. The lowest BCUT2D eigenvalue weighted by atomic mass is 10.2. The molecule has 0 fully saturated rings. The van der Waals surface area contributed by atoms with E-state index in [9.17, 15) is 9.59 Å². The molecule has 1 N–H and O–H groups in total. The van der Waals surface area contributed by atoms with E-state index >= 15 is 0 Å². The molecule has 0 saturated carbocycles. The van der Waals surface area contributed by atoms with Gasteiger partial charge in [0, 0.05) is 0 Å². The molecule has 4 nitrogen and oxygen atoms in total. The molecule has 1 unspecified atom stereocenters. The summed E-state index contributed by atoms with van der Waals surface area (Å²) in [5.41, 5.74) is 0.933. The molecule has 1 atom stereocenters. The normalized spacial score (nSPS) is 11.8. The van der Waals surface area contributed by atoms with E-state index in [1.165, 1.54) is 0 Å². The van der Waals surface area contributed by atoms with Crippen LogP contribution >= 0.6 is 0 Å². The van der Waals surface area contributed by atoms with Crippen LogP contribution in [0.15, 0.2) is 30.3 Å². The van der Waals surface area contributed by atoms with Crippen molar-refractivity contribution in [3.63, 3.8) is 0 Å². The van der Waals surface area contributed by atoms with E-state index in [1.54, 1.807) is 7.05 Å². The standard InChI is InChI=1S/C12H15NO3/c1-13-11(8-14)7-12(15)16-9-10-5-3-2-4-6-10/h2-6,8,11,13H,7,9H2,1H3. The first-order valence-electron chi connectivity index (χ1n) is 5.08. The van der Waals surface area contributed by atoms with Crippen LogP contribution in [0.2, 0.25) is 0 Å². The van der Waals surface area contributed by atoms with E-state index in [1.807, 2.05) is 30.3 Å². The molecule has 0 aliphatic carbocycles. The molecule has 0 saturated heterocycles. The number of likely N-dealkylation sites (N-methyl/N-ethyl adjacent to an activating group) is 1. The molecule has 86 valence electrons. The van der Waals surface area contributed by atoms with Crippen molar-refractivity contribution >= 4 is 12.3 Å². The van der Waals surface area contributed by atoms with E-state index in [0.717, 1.165) is 5.56 Å². The number of rotatable bonds is 6. The Morgan fingerprint density at radius 1 is 1.44 bits per heavy atom. The van der Waals surface area contributed by atoms with Gasteiger partial charge in [-0.1, -0.05) is 30.3 Å². The molecule has 1 aromatic rings. The van der Waals surface area contributed by atoms with Crippen LogP contribution in [0.3, 0.4) is 0 Å². The van der Waals surface area contributed by atoms with Crippen LogP contribution in [-0.4, -0.2) is 25.3 Å². The van der Waals surface area contributed by atoms with Gasteiger partial charge in [0.1, 0.15) is 12.9 Å². The van der Waals surface area contributed by atoms with E-state index in [-0.39, 0.29) is 19.0 Å². The first kappa shape index (κ1) is 12.4. The van der Waals surface area contributed by atoms with Gasteiger partial charge in [-0.2, -0.15) is 0 Å². The smallest absolute Gasteiger partial charge is 0.308 e. The molecular weight excluding hydrogens is 206 g/mol. The zero-order valence-electron chi connectivity index (χ0n) is 9.18. The van der Waals surface area contributed by atoms with Crippen molar-refractivity contribution in [3.8, 4) is 0 Å². The summed E-state index contributed by atoms with van der Waals surface area (Å²) in [6.07, 6.45) is 0.761. The van der Waals surface area contributed by atoms with Gasteiger partial charge < -0.3 is 14.8 Å². The van der Waals surface area contributed by atoms with E-state index in [0.29, 0.717) is 6.29 Å². The molecule has 4 heteroatoms. The lowest BCUT2D eigenvalue weighted by Crippen LogP contribution is -2.30. The van der Waals surface area contributed by atoms with Gasteiger partial charge in [-0.25, -0.2) is 0 Å². The summed E-state index contributed by atoms with van der Waals surface area (Å²) >= 11 is 0. The average Bonchev–Trinajstić information content (AvgIpc) is 2.34. The Bertz CT molecular complexity index is 337. The van der Waals surface area contributed by atoms with Gasteiger partial charge in [-0.3, -0.25) is 4.79 Å². The Labute approximate surface area is 94.6 Å². The van der Waals surface area contributed by atoms with Crippen LogP contribution in [0.4, 0.5) is 0 Å². The number of esters is 1. The van der Waals surface area contributed by atoms with Gasteiger partial charge in [0.15, 0.2) is 0 Å². The summed E-state index contributed by atoms with van der Waals surface area (Å²) in [4.78, 5) is 21.8. The second-order valence-corrected chi connectivity index (χ2v) is 3.38. The lowest BCUT2D eigenvalue weighted by Gasteiger charge is -2.08. The molecular formula is C12H15NO3. The molecule has 0 aromatic heterocycles. The van der Waals surface area contributed by atoms with Crippen molar-refractivity contribution in [2.45, 2.75) is 19.1 Å². The minimum atomic E-state index is -0.469. The fraction of sp³-hybridized carbons (Fsp3) is 0.333. The Kier molecular flexibility index (Phi) is 5.22. The number of ether oxygens (including phenoxy) is 1. The van der Waals surface area contributed by atoms with Crippen molar-refractivity contribution in [2.24, 2.45) is 0 Å². The summed E-state index contributed by atoms with van der Waals surface area (Å²) < 4.78 is 5.02. The van der Waals surface area contributed by atoms with Crippen molar-refractivity contribution in [1.29, 1.82) is 0 Å². The largest absolute Gasteiger partial charge is 0.461 e. The molecule has 0 spiro atoms. The van der Waals surface area contributed by atoms with Crippen LogP contribution in [-0.2, 0) is 20.9 Å². The zero-order chi connectivity index (χ0) is 11.8. The number of nitrogens with one attached hydrogen (secondary N) is 1. The van der Waals surface area contributed by atoms with Crippen LogP contribution in [0, 0.1) is 0 Å². The van der Waals surface area contributed by atoms with Gasteiger partial charge >= 0.3 is 5.97 Å². The molecule has 0 amide bonds. The highest BCUT2D eigenvalue weighted by Gasteiger charge is 2.11. The summed E-state index contributed by atoms with van der Waals surface area (Å²) in [5.74, 6) is -0.379. The third-order valence-corrected chi connectivity index (χ3v) is 2.16.